The summed E-state index contributed by atoms with van der Waals surface area (Å²) < 4.78 is 0. The van der Waals surface area contributed by atoms with Crippen LogP contribution in [0.15, 0.2) is 11.6 Å². The van der Waals surface area contributed by atoms with Crippen LogP contribution in [0.2, 0.25) is 0 Å². The van der Waals surface area contributed by atoms with Gasteiger partial charge >= 0.3 is 0 Å². The Labute approximate surface area is 63.5 Å². The molecule has 1 heteroatoms. The van der Waals surface area contributed by atoms with Crippen molar-refractivity contribution in [3.63, 3.8) is 0 Å². The summed E-state index contributed by atoms with van der Waals surface area (Å²) in [4.78, 5) is 0. The molecule has 10 heavy (non-hydrogen) atoms. The van der Waals surface area contributed by atoms with Gasteiger partial charge in [0, 0.05) is 12.6 Å². The predicted octanol–water partition coefficient (Wildman–Crippen LogP) is 1.95. The van der Waals surface area contributed by atoms with Crippen molar-refractivity contribution in [2.45, 2.75) is 33.2 Å². The van der Waals surface area contributed by atoms with Gasteiger partial charge in [0.15, 0.2) is 0 Å². The van der Waals surface area contributed by atoms with E-state index in [1.165, 1.54) is 6.42 Å². The standard InChI is InChI=1S/C9H17N/c1-4-9-7(2)5-6-10-8(9)3/h5,8-10H,4,6H2,1-3H3/t8-,9?/m0/s1. The quantitative estimate of drug-likeness (QED) is 0.547. The van der Waals surface area contributed by atoms with Crippen molar-refractivity contribution in [1.29, 1.82) is 0 Å². The van der Waals surface area contributed by atoms with Crippen LogP contribution >= 0.6 is 0 Å². The molecule has 1 nitrogen and oxygen atoms in total. The van der Waals surface area contributed by atoms with Gasteiger partial charge in [-0.25, -0.2) is 0 Å². The Balaban J connectivity index is 2.63. The first-order valence-corrected chi connectivity index (χ1v) is 4.15. The van der Waals surface area contributed by atoms with Gasteiger partial charge in [-0.2, -0.15) is 0 Å². The molecule has 1 aliphatic heterocycles. The van der Waals surface area contributed by atoms with Crippen LogP contribution < -0.4 is 5.32 Å². The highest BCUT2D eigenvalue weighted by Gasteiger charge is 2.18. The first kappa shape index (κ1) is 7.80. The lowest BCUT2D eigenvalue weighted by Crippen LogP contribution is -2.37. The van der Waals surface area contributed by atoms with Gasteiger partial charge in [-0.1, -0.05) is 18.6 Å². The minimum Gasteiger partial charge on any atom is -0.310 e. The molecule has 0 saturated heterocycles. The van der Waals surface area contributed by atoms with E-state index in [0.717, 1.165) is 12.5 Å². The first-order chi connectivity index (χ1) is 4.75. The van der Waals surface area contributed by atoms with Crippen molar-refractivity contribution in [3.8, 4) is 0 Å². The molecule has 0 spiro atoms. The molecule has 0 amide bonds. The molecular weight excluding hydrogens is 122 g/mol. The van der Waals surface area contributed by atoms with E-state index < -0.39 is 0 Å². The van der Waals surface area contributed by atoms with Crippen molar-refractivity contribution in [2.75, 3.05) is 6.54 Å². The third-order valence-corrected chi connectivity index (χ3v) is 2.49. The average Bonchev–Trinajstić information content (AvgIpc) is 1.88. The maximum atomic E-state index is 3.44. The van der Waals surface area contributed by atoms with E-state index in [9.17, 15) is 0 Å². The van der Waals surface area contributed by atoms with Crippen LogP contribution in [0.1, 0.15) is 27.2 Å². The Bertz CT molecular complexity index is 138. The summed E-state index contributed by atoms with van der Waals surface area (Å²) in [5.74, 6) is 0.772. The number of nitrogens with one attached hydrogen (secondary N) is 1. The molecule has 0 saturated carbocycles. The van der Waals surface area contributed by atoms with Crippen molar-refractivity contribution in [1.82, 2.24) is 5.32 Å². The second kappa shape index (κ2) is 3.20. The van der Waals surface area contributed by atoms with Crippen molar-refractivity contribution >= 4 is 0 Å². The summed E-state index contributed by atoms with van der Waals surface area (Å²) in [6.45, 7) is 7.82. The van der Waals surface area contributed by atoms with Gasteiger partial charge in [-0.3, -0.25) is 0 Å². The van der Waals surface area contributed by atoms with Crippen LogP contribution in [0, 0.1) is 5.92 Å². The Morgan fingerprint density at radius 3 is 2.80 bits per heavy atom. The minimum absolute atomic E-state index is 0.676. The van der Waals surface area contributed by atoms with Gasteiger partial charge < -0.3 is 5.32 Å². The van der Waals surface area contributed by atoms with Gasteiger partial charge in [-0.15, -0.1) is 0 Å². The summed E-state index contributed by atoms with van der Waals surface area (Å²) in [7, 11) is 0. The highest BCUT2D eigenvalue weighted by Crippen LogP contribution is 2.20. The summed E-state index contributed by atoms with van der Waals surface area (Å²) in [5, 5.41) is 3.44. The zero-order valence-corrected chi connectivity index (χ0v) is 7.15. The molecule has 1 aliphatic rings. The number of hydrogen-bond acceptors (Lipinski definition) is 1. The maximum absolute atomic E-state index is 3.44. The predicted molar refractivity (Wildman–Crippen MR) is 45.0 cm³/mol. The highest BCUT2D eigenvalue weighted by molar-refractivity contribution is 5.10. The smallest absolute Gasteiger partial charge is 0.0140 e. The molecule has 0 radical (unpaired) electrons. The van der Waals surface area contributed by atoms with Crippen LogP contribution in [-0.4, -0.2) is 12.6 Å². The van der Waals surface area contributed by atoms with Gasteiger partial charge in [0.1, 0.15) is 0 Å². The Morgan fingerprint density at radius 1 is 1.70 bits per heavy atom. The lowest BCUT2D eigenvalue weighted by Gasteiger charge is -2.28. The zero-order valence-electron chi connectivity index (χ0n) is 7.15. The normalized spacial score (nSPS) is 33.7. The second-order valence-electron chi connectivity index (χ2n) is 3.16. The van der Waals surface area contributed by atoms with E-state index in [2.05, 4.69) is 32.2 Å². The Hall–Kier alpha value is -0.300. The zero-order chi connectivity index (χ0) is 7.56. The molecule has 1 unspecified atom stereocenters. The molecule has 0 aromatic rings. The molecule has 58 valence electrons. The Kier molecular flexibility index (Phi) is 2.50. The SMILES string of the molecule is CCC1C(C)=CCN[C@H]1C. The van der Waals surface area contributed by atoms with E-state index in [4.69, 9.17) is 0 Å². The van der Waals surface area contributed by atoms with Crippen LogP contribution in [0.4, 0.5) is 0 Å². The topological polar surface area (TPSA) is 12.0 Å². The molecule has 1 N–H and O–H groups in total. The summed E-state index contributed by atoms with van der Waals surface area (Å²) in [5.41, 5.74) is 1.56. The lowest BCUT2D eigenvalue weighted by molar-refractivity contribution is 0.403. The number of hydrogen-bond donors (Lipinski definition) is 1. The van der Waals surface area contributed by atoms with Crippen LogP contribution in [0.3, 0.4) is 0 Å². The Morgan fingerprint density at radius 2 is 2.40 bits per heavy atom. The highest BCUT2D eigenvalue weighted by atomic mass is 14.9. The van der Waals surface area contributed by atoms with Crippen molar-refractivity contribution in [2.24, 2.45) is 5.92 Å². The lowest BCUT2D eigenvalue weighted by atomic mass is 9.88. The molecule has 0 fully saturated rings. The largest absolute Gasteiger partial charge is 0.310 e. The molecule has 1 heterocycles. The number of rotatable bonds is 1. The van der Waals surface area contributed by atoms with Gasteiger partial charge in [0.2, 0.25) is 0 Å². The van der Waals surface area contributed by atoms with E-state index in [0.29, 0.717) is 6.04 Å². The summed E-state index contributed by atoms with van der Waals surface area (Å²) in [6.07, 6.45) is 3.56. The van der Waals surface area contributed by atoms with Crippen LogP contribution in [0.5, 0.6) is 0 Å². The maximum Gasteiger partial charge on any atom is 0.0140 e. The van der Waals surface area contributed by atoms with Crippen molar-refractivity contribution in [3.05, 3.63) is 11.6 Å². The summed E-state index contributed by atoms with van der Waals surface area (Å²) >= 11 is 0. The summed E-state index contributed by atoms with van der Waals surface area (Å²) in [6, 6.07) is 0.676. The molecule has 2 atom stereocenters. The fraction of sp³-hybridized carbons (Fsp3) is 0.778. The molecule has 1 rings (SSSR count). The first-order valence-electron chi connectivity index (χ1n) is 4.15. The fourth-order valence-corrected chi connectivity index (χ4v) is 1.77. The monoisotopic (exact) mass is 139 g/mol. The minimum atomic E-state index is 0.676. The molecular formula is C9H17N. The van der Waals surface area contributed by atoms with Gasteiger partial charge in [0.05, 0.1) is 0 Å². The second-order valence-corrected chi connectivity index (χ2v) is 3.16. The molecule has 0 aromatic carbocycles. The third-order valence-electron chi connectivity index (χ3n) is 2.49. The van der Waals surface area contributed by atoms with Gasteiger partial charge in [0.25, 0.3) is 0 Å². The average molecular weight is 139 g/mol. The van der Waals surface area contributed by atoms with E-state index >= 15 is 0 Å². The van der Waals surface area contributed by atoms with E-state index in [1.807, 2.05) is 0 Å². The van der Waals surface area contributed by atoms with E-state index in [1.54, 1.807) is 5.57 Å². The van der Waals surface area contributed by atoms with E-state index in [-0.39, 0.29) is 0 Å². The molecule has 0 aromatic heterocycles. The van der Waals surface area contributed by atoms with Crippen LogP contribution in [0.25, 0.3) is 0 Å². The van der Waals surface area contributed by atoms with Crippen molar-refractivity contribution < 1.29 is 0 Å². The molecule has 0 aliphatic carbocycles. The van der Waals surface area contributed by atoms with Crippen LogP contribution in [-0.2, 0) is 0 Å². The third kappa shape index (κ3) is 1.40. The fourth-order valence-electron chi connectivity index (χ4n) is 1.77. The molecule has 0 bridgehead atoms. The van der Waals surface area contributed by atoms with Gasteiger partial charge in [-0.05, 0) is 26.2 Å².